The molecule has 0 heterocycles. The van der Waals surface area contributed by atoms with E-state index in [2.05, 4.69) is 47.3 Å². The van der Waals surface area contributed by atoms with Crippen LogP contribution >= 0.6 is 0 Å². The highest BCUT2D eigenvalue weighted by Crippen LogP contribution is 2.26. The third-order valence-corrected chi connectivity index (χ3v) is 15.6. The Hall–Kier alpha value is -4.53. The van der Waals surface area contributed by atoms with E-state index in [4.69, 9.17) is 33.2 Å². The van der Waals surface area contributed by atoms with Gasteiger partial charge in [0.15, 0.2) is 0 Å². The maximum atomic E-state index is 13.8. The summed E-state index contributed by atoms with van der Waals surface area (Å²) in [5, 5.41) is 0. The van der Waals surface area contributed by atoms with E-state index in [1.54, 1.807) is 6.08 Å². The number of carbonyl (C=O) groups is 7. The number of rotatable bonds is 54. The maximum absolute atomic E-state index is 13.8. The molecule has 0 fully saturated rings. The highest BCUT2D eigenvalue weighted by molar-refractivity contribution is 5.88. The van der Waals surface area contributed by atoms with E-state index < -0.39 is 41.7 Å². The number of unbranched alkanes of at least 4 members (excludes halogenated alkanes) is 21. The number of nitrogens with zero attached hydrogens (tertiary/aromatic N) is 1. The molecule has 0 spiro atoms. The van der Waals surface area contributed by atoms with Crippen molar-refractivity contribution in [1.29, 1.82) is 0 Å². The largest absolute Gasteiger partial charge is 0.465 e. The van der Waals surface area contributed by atoms with Gasteiger partial charge < -0.3 is 33.2 Å². The topological polar surface area (TPSA) is 187 Å². The van der Waals surface area contributed by atoms with E-state index in [-0.39, 0.29) is 95.3 Å². The van der Waals surface area contributed by atoms with Gasteiger partial charge in [0.2, 0.25) is 0 Å². The van der Waals surface area contributed by atoms with Crippen molar-refractivity contribution < 1.29 is 66.7 Å². The van der Waals surface area contributed by atoms with Crippen molar-refractivity contribution >= 4 is 41.8 Å². The maximum Gasteiger partial charge on any atom is 0.334 e. The third kappa shape index (κ3) is 44.9. The minimum absolute atomic E-state index is 0.0273. The van der Waals surface area contributed by atoms with Crippen LogP contribution in [-0.2, 0) is 66.7 Å². The van der Waals surface area contributed by atoms with E-state index in [1.165, 1.54) is 42.6 Å². The van der Waals surface area contributed by atoms with Crippen LogP contribution in [0.4, 0.5) is 0 Å². The van der Waals surface area contributed by atoms with E-state index in [1.807, 2.05) is 6.92 Å². The van der Waals surface area contributed by atoms with E-state index in [0.29, 0.717) is 44.5 Å². The van der Waals surface area contributed by atoms with Crippen molar-refractivity contribution in [3.05, 3.63) is 35.5 Å². The molecule has 0 aromatic carbocycles. The Morgan fingerprint density at radius 1 is 0.524 bits per heavy atom. The molecule has 3 atom stereocenters. The Kier molecular flexibility index (Phi) is 49.7. The van der Waals surface area contributed by atoms with Gasteiger partial charge in [0.05, 0.1) is 72.1 Å². The molecule has 0 aromatic rings. The van der Waals surface area contributed by atoms with Crippen molar-refractivity contribution in [2.75, 3.05) is 59.3 Å². The lowest BCUT2D eigenvalue weighted by Gasteiger charge is -2.24. The lowest BCUT2D eigenvalue weighted by atomic mass is 9.93. The average molecular weight is 1190 g/mol. The summed E-state index contributed by atoms with van der Waals surface area (Å²) in [6.07, 6.45) is 36.9. The van der Waals surface area contributed by atoms with E-state index in [9.17, 15) is 33.6 Å². The smallest absolute Gasteiger partial charge is 0.334 e. The Labute approximate surface area is 509 Å². The molecule has 1 rings (SSSR count). The fourth-order valence-corrected chi connectivity index (χ4v) is 10.1. The summed E-state index contributed by atoms with van der Waals surface area (Å²) in [6, 6.07) is 0. The van der Waals surface area contributed by atoms with Gasteiger partial charge in [0.1, 0.15) is 6.10 Å². The lowest BCUT2D eigenvalue weighted by Crippen LogP contribution is -2.40. The molecule has 0 saturated carbocycles. The summed E-state index contributed by atoms with van der Waals surface area (Å²) in [4.78, 5) is 93.4. The number of hydrogen-bond acceptors (Lipinski definition) is 15. The zero-order valence-corrected chi connectivity index (χ0v) is 54.0. The molecule has 15 nitrogen and oxygen atoms in total. The standard InChI is InChI=1S/C69H119NO14/c1-8-13-17-21-25-31-47-78-63(71)45-43-60(51-65(73)79-48-32-26-22-18-14-9-2)44-46-64(72)83-56-61(58(7)69(77)84-62-41-35-38-59(12-5)39-36-42-62)40-30-29-37-57(6)55-82-68(76)54-70(52-66(74)80-49-33-27-23-19-15-10-3)53-67(75)81-50-34-28-24-20-16-11-4/h38,43,57,61-62H,7-37,39-42,44-56H2,1-6H3/b59-38?,60-43-/t57-,61?,62?/m0/s1. The summed E-state index contributed by atoms with van der Waals surface area (Å²) < 4.78 is 39.6. The Morgan fingerprint density at radius 2 is 0.976 bits per heavy atom. The van der Waals surface area contributed by atoms with Crippen LogP contribution in [0.1, 0.15) is 286 Å². The van der Waals surface area contributed by atoms with Gasteiger partial charge in [-0.3, -0.25) is 33.7 Å². The molecule has 0 amide bonds. The number of ether oxygens (including phenoxy) is 7. The van der Waals surface area contributed by atoms with Gasteiger partial charge in [-0.05, 0) is 89.4 Å². The monoisotopic (exact) mass is 1190 g/mol. The minimum Gasteiger partial charge on any atom is -0.465 e. The molecule has 1 aliphatic rings. The molecule has 0 aliphatic heterocycles. The first-order valence-electron chi connectivity index (χ1n) is 33.7. The van der Waals surface area contributed by atoms with Gasteiger partial charge in [0, 0.05) is 17.9 Å². The second-order valence-electron chi connectivity index (χ2n) is 23.5. The third-order valence-electron chi connectivity index (χ3n) is 15.6. The molecule has 484 valence electrons. The second-order valence-corrected chi connectivity index (χ2v) is 23.5. The minimum atomic E-state index is -0.565. The molecule has 0 N–H and O–H groups in total. The zero-order valence-electron chi connectivity index (χ0n) is 54.0. The first kappa shape index (κ1) is 77.5. The van der Waals surface area contributed by atoms with Crippen molar-refractivity contribution in [2.24, 2.45) is 11.8 Å². The highest BCUT2D eigenvalue weighted by Gasteiger charge is 2.26. The molecule has 0 aromatic heterocycles. The SMILES string of the molecule is C=C(C(=O)OC1CCC=C(CC)CCC1)C(CCCC[C@H](C)COC(=O)CN(CC(=O)OCCCCCCCC)CC(=O)OCCCCCCCC)COC(=O)CC/C(=C/CC(=O)OCCCCCCCC)CC(=O)OCCCCCCCC. The Bertz CT molecular complexity index is 1810. The summed E-state index contributed by atoms with van der Waals surface area (Å²) in [5.41, 5.74) is 2.26. The molecule has 84 heavy (non-hydrogen) atoms. The predicted molar refractivity (Wildman–Crippen MR) is 334 cm³/mol. The molecule has 0 radical (unpaired) electrons. The molecule has 0 saturated heterocycles. The average Bonchev–Trinajstić information content (AvgIpc) is 3.52. The van der Waals surface area contributed by atoms with Gasteiger partial charge in [-0.25, -0.2) is 4.79 Å². The Balaban J connectivity index is 3.00. The van der Waals surface area contributed by atoms with Crippen LogP contribution in [0.3, 0.4) is 0 Å². The lowest BCUT2D eigenvalue weighted by molar-refractivity contribution is -0.153. The van der Waals surface area contributed by atoms with Crippen LogP contribution < -0.4 is 0 Å². The summed E-state index contributed by atoms with van der Waals surface area (Å²) in [6.45, 7) is 17.5. The van der Waals surface area contributed by atoms with Crippen molar-refractivity contribution in [2.45, 2.75) is 292 Å². The first-order chi connectivity index (χ1) is 40.7. The molecule has 2 unspecified atom stereocenters. The second kappa shape index (κ2) is 53.9. The van der Waals surface area contributed by atoms with Crippen LogP contribution in [0.5, 0.6) is 0 Å². The summed E-state index contributed by atoms with van der Waals surface area (Å²) in [5.74, 6) is -3.96. The Morgan fingerprint density at radius 3 is 1.49 bits per heavy atom. The summed E-state index contributed by atoms with van der Waals surface area (Å²) in [7, 11) is 0. The predicted octanol–water partition coefficient (Wildman–Crippen LogP) is 16.1. The van der Waals surface area contributed by atoms with Crippen LogP contribution in [-0.4, -0.2) is 112 Å². The van der Waals surface area contributed by atoms with Gasteiger partial charge in [-0.1, -0.05) is 213 Å². The van der Waals surface area contributed by atoms with Crippen LogP contribution in [0.2, 0.25) is 0 Å². The van der Waals surface area contributed by atoms with Gasteiger partial charge in [-0.2, -0.15) is 0 Å². The number of esters is 7. The van der Waals surface area contributed by atoms with Crippen molar-refractivity contribution in [1.82, 2.24) is 4.90 Å². The fraction of sp³-hybridized carbons (Fsp3) is 0.812. The van der Waals surface area contributed by atoms with Gasteiger partial charge in [-0.15, -0.1) is 0 Å². The van der Waals surface area contributed by atoms with Crippen LogP contribution in [0, 0.1) is 11.8 Å². The van der Waals surface area contributed by atoms with E-state index in [0.717, 1.165) is 161 Å². The van der Waals surface area contributed by atoms with Crippen LogP contribution in [0.25, 0.3) is 0 Å². The normalized spacial score (nSPS) is 14.3. The highest BCUT2D eigenvalue weighted by atomic mass is 16.6. The molecule has 15 heteroatoms. The zero-order chi connectivity index (χ0) is 61.7. The molecule has 1 aliphatic carbocycles. The molecular formula is C69H119NO14. The fourth-order valence-electron chi connectivity index (χ4n) is 10.1. The molecular weight excluding hydrogens is 1070 g/mol. The van der Waals surface area contributed by atoms with Crippen molar-refractivity contribution in [3.8, 4) is 0 Å². The molecule has 0 bridgehead atoms. The number of carbonyl (C=O) groups excluding carboxylic acids is 7. The van der Waals surface area contributed by atoms with Gasteiger partial charge in [0.25, 0.3) is 0 Å². The van der Waals surface area contributed by atoms with Crippen molar-refractivity contribution in [3.63, 3.8) is 0 Å². The quantitative estimate of drug-likeness (QED) is 0.0184. The summed E-state index contributed by atoms with van der Waals surface area (Å²) >= 11 is 0. The van der Waals surface area contributed by atoms with Gasteiger partial charge >= 0.3 is 41.8 Å². The van der Waals surface area contributed by atoms with E-state index >= 15 is 0 Å². The first-order valence-corrected chi connectivity index (χ1v) is 33.7. The number of allylic oxidation sites excluding steroid dienone is 2. The number of hydrogen-bond donors (Lipinski definition) is 0. The van der Waals surface area contributed by atoms with Crippen LogP contribution in [0.15, 0.2) is 35.5 Å².